The summed E-state index contributed by atoms with van der Waals surface area (Å²) in [5.74, 6) is 1.05. The van der Waals surface area contributed by atoms with Crippen LogP contribution in [0.25, 0.3) is 0 Å². The van der Waals surface area contributed by atoms with Crippen LogP contribution in [0, 0.1) is 0 Å². The van der Waals surface area contributed by atoms with Gasteiger partial charge in [-0.3, -0.25) is 4.79 Å². The van der Waals surface area contributed by atoms with Crippen LogP contribution < -0.4 is 4.74 Å². The Balaban J connectivity index is 2.12. The van der Waals surface area contributed by atoms with Crippen molar-refractivity contribution in [3.63, 3.8) is 0 Å². The molecular formula is C14H18O3. The van der Waals surface area contributed by atoms with Crippen LogP contribution in [0.4, 0.5) is 0 Å². The van der Waals surface area contributed by atoms with Gasteiger partial charge in [0.25, 0.3) is 0 Å². The van der Waals surface area contributed by atoms with Crippen LogP contribution in [0.1, 0.15) is 36.8 Å². The second-order valence-electron chi connectivity index (χ2n) is 4.31. The van der Waals surface area contributed by atoms with E-state index in [2.05, 4.69) is 6.07 Å². The van der Waals surface area contributed by atoms with Crippen molar-refractivity contribution in [2.45, 2.75) is 32.1 Å². The van der Waals surface area contributed by atoms with E-state index < -0.39 is 0 Å². The van der Waals surface area contributed by atoms with Gasteiger partial charge in [0.05, 0.1) is 20.1 Å². The number of methoxy groups -OCH3 is 1. The van der Waals surface area contributed by atoms with Gasteiger partial charge in [-0.15, -0.1) is 0 Å². The van der Waals surface area contributed by atoms with Crippen LogP contribution in [0.15, 0.2) is 18.2 Å². The van der Waals surface area contributed by atoms with Gasteiger partial charge < -0.3 is 9.47 Å². The highest BCUT2D eigenvalue weighted by Crippen LogP contribution is 2.37. The lowest BCUT2D eigenvalue weighted by molar-refractivity contribution is -0.143. The standard InChI is InChI=1S/C14H18O3/c1-3-17-14(15)8-11-5-4-10-6-7-12(16-2)9-13(10)11/h6-7,9,11H,3-5,8H2,1-2H3/t11-/m0/s1. The van der Waals surface area contributed by atoms with Gasteiger partial charge in [0, 0.05) is 0 Å². The maximum atomic E-state index is 11.5. The average molecular weight is 234 g/mol. The molecule has 0 spiro atoms. The van der Waals surface area contributed by atoms with Gasteiger partial charge in [-0.25, -0.2) is 0 Å². The summed E-state index contributed by atoms with van der Waals surface area (Å²) < 4.78 is 10.2. The number of esters is 1. The Morgan fingerprint density at radius 1 is 1.47 bits per heavy atom. The van der Waals surface area contributed by atoms with Crippen LogP contribution >= 0.6 is 0 Å². The first-order chi connectivity index (χ1) is 8.24. The predicted molar refractivity (Wildman–Crippen MR) is 65.3 cm³/mol. The van der Waals surface area contributed by atoms with Crippen LogP contribution in [0.2, 0.25) is 0 Å². The zero-order chi connectivity index (χ0) is 12.3. The average Bonchev–Trinajstić information content (AvgIpc) is 2.72. The topological polar surface area (TPSA) is 35.5 Å². The van der Waals surface area contributed by atoms with Gasteiger partial charge in [-0.1, -0.05) is 6.07 Å². The molecule has 1 aliphatic carbocycles. The SMILES string of the molecule is CCOC(=O)C[C@@H]1CCc2ccc(OC)cc21. The fourth-order valence-corrected chi connectivity index (χ4v) is 2.43. The lowest BCUT2D eigenvalue weighted by Gasteiger charge is -2.11. The number of benzene rings is 1. The third kappa shape index (κ3) is 2.60. The molecule has 0 saturated heterocycles. The minimum Gasteiger partial charge on any atom is -0.497 e. The molecule has 0 amide bonds. The summed E-state index contributed by atoms with van der Waals surface area (Å²) in [4.78, 5) is 11.5. The highest BCUT2D eigenvalue weighted by Gasteiger charge is 2.25. The molecule has 0 radical (unpaired) electrons. The smallest absolute Gasteiger partial charge is 0.306 e. The van der Waals surface area contributed by atoms with E-state index in [1.165, 1.54) is 11.1 Å². The predicted octanol–water partition coefficient (Wildman–Crippen LogP) is 2.68. The molecule has 1 aliphatic rings. The molecule has 1 aromatic carbocycles. The van der Waals surface area contributed by atoms with Gasteiger partial charge in [0.2, 0.25) is 0 Å². The number of hydrogen-bond acceptors (Lipinski definition) is 3. The third-order valence-corrected chi connectivity index (χ3v) is 3.27. The zero-order valence-electron chi connectivity index (χ0n) is 10.4. The van der Waals surface area contributed by atoms with E-state index in [-0.39, 0.29) is 5.97 Å². The van der Waals surface area contributed by atoms with Crippen molar-refractivity contribution in [3.05, 3.63) is 29.3 Å². The molecule has 1 aromatic rings. The lowest BCUT2D eigenvalue weighted by Crippen LogP contribution is -2.08. The summed E-state index contributed by atoms with van der Waals surface area (Å²) in [5.41, 5.74) is 2.58. The largest absolute Gasteiger partial charge is 0.497 e. The third-order valence-electron chi connectivity index (χ3n) is 3.27. The summed E-state index contributed by atoms with van der Waals surface area (Å²) in [6, 6.07) is 6.12. The number of carbonyl (C=O) groups excluding carboxylic acids is 1. The first-order valence-corrected chi connectivity index (χ1v) is 6.07. The van der Waals surface area contributed by atoms with Crippen molar-refractivity contribution < 1.29 is 14.3 Å². The Labute approximate surface area is 102 Å². The normalized spacial score (nSPS) is 17.6. The second-order valence-corrected chi connectivity index (χ2v) is 4.31. The highest BCUT2D eigenvalue weighted by atomic mass is 16.5. The molecule has 0 aromatic heterocycles. The van der Waals surface area contributed by atoms with Gasteiger partial charge in [0.1, 0.15) is 5.75 Å². The molecule has 17 heavy (non-hydrogen) atoms. The zero-order valence-corrected chi connectivity index (χ0v) is 10.4. The molecule has 2 rings (SSSR count). The Morgan fingerprint density at radius 3 is 3.00 bits per heavy atom. The van der Waals surface area contributed by atoms with Crippen molar-refractivity contribution in [2.24, 2.45) is 0 Å². The second kappa shape index (κ2) is 5.21. The summed E-state index contributed by atoms with van der Waals surface area (Å²) in [5, 5.41) is 0. The van der Waals surface area contributed by atoms with E-state index in [0.29, 0.717) is 18.9 Å². The number of carbonyl (C=O) groups is 1. The molecular weight excluding hydrogens is 216 g/mol. The Morgan fingerprint density at radius 2 is 2.29 bits per heavy atom. The van der Waals surface area contributed by atoms with E-state index in [1.807, 2.05) is 19.1 Å². The quantitative estimate of drug-likeness (QED) is 0.751. The van der Waals surface area contributed by atoms with E-state index in [0.717, 1.165) is 18.6 Å². The number of rotatable bonds is 4. The molecule has 0 fully saturated rings. The molecule has 0 bridgehead atoms. The molecule has 3 nitrogen and oxygen atoms in total. The highest BCUT2D eigenvalue weighted by molar-refractivity contribution is 5.71. The number of hydrogen-bond donors (Lipinski definition) is 0. The van der Waals surface area contributed by atoms with E-state index in [4.69, 9.17) is 9.47 Å². The Hall–Kier alpha value is -1.51. The van der Waals surface area contributed by atoms with Gasteiger partial charge >= 0.3 is 5.97 Å². The Bertz CT molecular complexity index is 412. The first kappa shape index (κ1) is 12.0. The Kier molecular flexibility index (Phi) is 3.67. The molecule has 92 valence electrons. The van der Waals surface area contributed by atoms with Gasteiger partial charge in [-0.2, -0.15) is 0 Å². The van der Waals surface area contributed by atoms with Crippen molar-refractivity contribution in [2.75, 3.05) is 13.7 Å². The van der Waals surface area contributed by atoms with Gasteiger partial charge in [0.15, 0.2) is 0 Å². The summed E-state index contributed by atoms with van der Waals surface area (Å²) in [6.45, 7) is 2.29. The summed E-state index contributed by atoms with van der Waals surface area (Å²) >= 11 is 0. The molecule has 0 aliphatic heterocycles. The van der Waals surface area contributed by atoms with E-state index >= 15 is 0 Å². The number of fused-ring (bicyclic) bond motifs is 1. The molecule has 0 N–H and O–H groups in total. The minimum absolute atomic E-state index is 0.104. The minimum atomic E-state index is -0.104. The summed E-state index contributed by atoms with van der Waals surface area (Å²) in [6.07, 6.45) is 2.55. The molecule has 3 heteroatoms. The molecule has 0 saturated carbocycles. The molecule has 0 heterocycles. The maximum absolute atomic E-state index is 11.5. The van der Waals surface area contributed by atoms with Crippen LogP contribution in [-0.2, 0) is 16.0 Å². The number of ether oxygens (including phenoxy) is 2. The van der Waals surface area contributed by atoms with Crippen molar-refractivity contribution >= 4 is 5.97 Å². The van der Waals surface area contributed by atoms with Crippen LogP contribution in [-0.4, -0.2) is 19.7 Å². The molecule has 1 atom stereocenters. The maximum Gasteiger partial charge on any atom is 0.306 e. The monoisotopic (exact) mass is 234 g/mol. The van der Waals surface area contributed by atoms with Crippen molar-refractivity contribution in [1.82, 2.24) is 0 Å². The van der Waals surface area contributed by atoms with E-state index in [9.17, 15) is 4.79 Å². The van der Waals surface area contributed by atoms with Crippen LogP contribution in [0.3, 0.4) is 0 Å². The first-order valence-electron chi connectivity index (χ1n) is 6.07. The van der Waals surface area contributed by atoms with Gasteiger partial charge in [-0.05, 0) is 48.9 Å². The number of aryl methyl sites for hydroxylation is 1. The molecule has 0 unspecified atom stereocenters. The van der Waals surface area contributed by atoms with E-state index in [1.54, 1.807) is 7.11 Å². The lowest BCUT2D eigenvalue weighted by atomic mass is 9.98. The fraction of sp³-hybridized carbons (Fsp3) is 0.500. The van der Waals surface area contributed by atoms with Crippen molar-refractivity contribution in [3.8, 4) is 5.75 Å². The van der Waals surface area contributed by atoms with Crippen LogP contribution in [0.5, 0.6) is 5.75 Å². The fourth-order valence-electron chi connectivity index (χ4n) is 2.43. The summed E-state index contributed by atoms with van der Waals surface area (Å²) in [7, 11) is 1.66. The van der Waals surface area contributed by atoms with Crippen molar-refractivity contribution in [1.29, 1.82) is 0 Å².